The number of nitrogens with one attached hydrogen (secondary N) is 1. The van der Waals surface area contributed by atoms with Crippen molar-refractivity contribution in [2.24, 2.45) is 5.92 Å². The molecule has 5 nitrogen and oxygen atoms in total. The van der Waals surface area contributed by atoms with Crippen LogP contribution in [0.5, 0.6) is 0 Å². The van der Waals surface area contributed by atoms with E-state index >= 15 is 0 Å². The summed E-state index contributed by atoms with van der Waals surface area (Å²) >= 11 is 2.94. The summed E-state index contributed by atoms with van der Waals surface area (Å²) in [6.07, 6.45) is 0.696. The van der Waals surface area contributed by atoms with Gasteiger partial charge in [0.15, 0.2) is 0 Å². The maximum Gasteiger partial charge on any atom is 0.293 e. The average molecular weight is 349 g/mol. The standard InChI is InChI=1S/C13H18BrFN2O3/c1-9(2)8-20-5-3-4-16-12-7-11(15)10(14)6-13(12)17(18)19/h6-7,9,16H,3-5,8H2,1-2H3. The zero-order valence-electron chi connectivity index (χ0n) is 11.5. The Balaban J connectivity index is 2.51. The number of benzene rings is 1. The summed E-state index contributed by atoms with van der Waals surface area (Å²) in [5, 5.41) is 13.8. The second-order valence-electron chi connectivity index (χ2n) is 4.79. The number of rotatable bonds is 8. The fourth-order valence-electron chi connectivity index (χ4n) is 1.55. The molecule has 0 heterocycles. The minimum atomic E-state index is -0.540. The molecule has 20 heavy (non-hydrogen) atoms. The zero-order chi connectivity index (χ0) is 15.1. The minimum absolute atomic E-state index is 0.0787. The van der Waals surface area contributed by atoms with Crippen LogP contribution in [0.4, 0.5) is 15.8 Å². The Morgan fingerprint density at radius 1 is 1.50 bits per heavy atom. The van der Waals surface area contributed by atoms with E-state index in [0.29, 0.717) is 32.1 Å². The molecule has 112 valence electrons. The first-order valence-corrected chi connectivity index (χ1v) is 7.16. The fourth-order valence-corrected chi connectivity index (χ4v) is 1.88. The van der Waals surface area contributed by atoms with E-state index in [1.807, 2.05) is 0 Å². The van der Waals surface area contributed by atoms with Crippen molar-refractivity contribution in [2.75, 3.05) is 25.1 Å². The normalized spacial score (nSPS) is 10.8. The summed E-state index contributed by atoms with van der Waals surface area (Å²) in [6.45, 7) is 5.86. The molecule has 0 aliphatic rings. The lowest BCUT2D eigenvalue weighted by Gasteiger charge is -2.09. The lowest BCUT2D eigenvalue weighted by Crippen LogP contribution is -2.09. The molecule has 0 unspecified atom stereocenters. The number of anilines is 1. The highest BCUT2D eigenvalue weighted by molar-refractivity contribution is 9.10. The molecule has 0 spiro atoms. The predicted octanol–water partition coefficient (Wildman–Crippen LogP) is 3.97. The molecular formula is C13H18BrFN2O3. The Morgan fingerprint density at radius 2 is 2.20 bits per heavy atom. The number of nitro groups is 1. The van der Waals surface area contributed by atoms with E-state index in [1.54, 1.807) is 0 Å². The van der Waals surface area contributed by atoms with Crippen molar-refractivity contribution in [3.8, 4) is 0 Å². The van der Waals surface area contributed by atoms with Gasteiger partial charge in [0.2, 0.25) is 0 Å². The van der Waals surface area contributed by atoms with Crippen molar-refractivity contribution >= 4 is 27.3 Å². The highest BCUT2D eigenvalue weighted by Crippen LogP contribution is 2.30. The summed E-state index contributed by atoms with van der Waals surface area (Å²) in [7, 11) is 0. The maximum absolute atomic E-state index is 13.4. The first kappa shape index (κ1) is 16.8. The fraction of sp³-hybridized carbons (Fsp3) is 0.538. The molecule has 0 bridgehead atoms. The van der Waals surface area contributed by atoms with Crippen LogP contribution >= 0.6 is 15.9 Å². The topological polar surface area (TPSA) is 64.4 Å². The summed E-state index contributed by atoms with van der Waals surface area (Å²) in [4.78, 5) is 10.4. The van der Waals surface area contributed by atoms with E-state index in [4.69, 9.17) is 4.74 Å². The van der Waals surface area contributed by atoms with Gasteiger partial charge >= 0.3 is 0 Å². The van der Waals surface area contributed by atoms with Gasteiger partial charge in [0.25, 0.3) is 5.69 Å². The molecule has 0 saturated heterocycles. The van der Waals surface area contributed by atoms with Crippen molar-refractivity contribution < 1.29 is 14.1 Å². The predicted molar refractivity (Wildman–Crippen MR) is 79.5 cm³/mol. The Hall–Kier alpha value is -1.21. The van der Waals surface area contributed by atoms with Gasteiger partial charge in [0.1, 0.15) is 11.5 Å². The lowest BCUT2D eigenvalue weighted by molar-refractivity contribution is -0.384. The van der Waals surface area contributed by atoms with E-state index in [-0.39, 0.29) is 15.8 Å². The molecule has 1 aromatic rings. The van der Waals surface area contributed by atoms with Crippen molar-refractivity contribution in [3.63, 3.8) is 0 Å². The van der Waals surface area contributed by atoms with Gasteiger partial charge in [-0.05, 0) is 28.3 Å². The smallest absolute Gasteiger partial charge is 0.293 e. The van der Waals surface area contributed by atoms with Crippen molar-refractivity contribution in [1.82, 2.24) is 0 Å². The third-order valence-corrected chi connectivity index (χ3v) is 3.08. The summed E-state index contributed by atoms with van der Waals surface area (Å²) < 4.78 is 18.9. The molecule has 0 amide bonds. The van der Waals surface area contributed by atoms with Crippen molar-refractivity contribution in [3.05, 3.63) is 32.5 Å². The van der Waals surface area contributed by atoms with Crippen LogP contribution in [0.2, 0.25) is 0 Å². The second-order valence-corrected chi connectivity index (χ2v) is 5.64. The first-order chi connectivity index (χ1) is 9.41. The zero-order valence-corrected chi connectivity index (χ0v) is 13.1. The van der Waals surface area contributed by atoms with E-state index < -0.39 is 10.7 Å². The molecule has 0 saturated carbocycles. The van der Waals surface area contributed by atoms with Crippen LogP contribution in [0.1, 0.15) is 20.3 Å². The molecule has 0 fully saturated rings. The van der Waals surface area contributed by atoms with Gasteiger partial charge in [-0.15, -0.1) is 0 Å². The van der Waals surface area contributed by atoms with Crippen LogP contribution in [0, 0.1) is 21.8 Å². The number of hydrogen-bond acceptors (Lipinski definition) is 4. The first-order valence-electron chi connectivity index (χ1n) is 6.37. The van der Waals surface area contributed by atoms with Crippen molar-refractivity contribution in [2.45, 2.75) is 20.3 Å². The van der Waals surface area contributed by atoms with E-state index in [9.17, 15) is 14.5 Å². The van der Waals surface area contributed by atoms with Crippen LogP contribution in [0.15, 0.2) is 16.6 Å². The van der Waals surface area contributed by atoms with Gasteiger partial charge < -0.3 is 10.1 Å². The van der Waals surface area contributed by atoms with Gasteiger partial charge in [-0.25, -0.2) is 4.39 Å². The molecule has 1 N–H and O–H groups in total. The molecule has 0 aromatic heterocycles. The van der Waals surface area contributed by atoms with Gasteiger partial charge in [-0.1, -0.05) is 13.8 Å². The van der Waals surface area contributed by atoms with Crippen LogP contribution < -0.4 is 5.32 Å². The van der Waals surface area contributed by atoms with Gasteiger partial charge in [-0.2, -0.15) is 0 Å². The molecule has 0 atom stereocenters. The number of nitro benzene ring substituents is 1. The molecule has 0 aliphatic heterocycles. The number of ether oxygens (including phenoxy) is 1. The quantitative estimate of drug-likeness (QED) is 0.438. The third kappa shape index (κ3) is 5.42. The van der Waals surface area contributed by atoms with Crippen LogP contribution in [-0.2, 0) is 4.74 Å². The highest BCUT2D eigenvalue weighted by atomic mass is 79.9. The molecule has 0 aliphatic carbocycles. The average Bonchev–Trinajstić information content (AvgIpc) is 2.36. The van der Waals surface area contributed by atoms with Crippen molar-refractivity contribution in [1.29, 1.82) is 0 Å². The molecule has 1 aromatic carbocycles. The van der Waals surface area contributed by atoms with Crippen LogP contribution in [0.3, 0.4) is 0 Å². The molecular weight excluding hydrogens is 331 g/mol. The SMILES string of the molecule is CC(C)COCCCNc1cc(F)c(Br)cc1[N+](=O)[O-]. The molecule has 0 radical (unpaired) electrons. The molecule has 7 heteroatoms. The number of hydrogen-bond donors (Lipinski definition) is 1. The Bertz CT molecular complexity index is 469. The summed E-state index contributed by atoms with van der Waals surface area (Å²) in [5.74, 6) is -0.0567. The summed E-state index contributed by atoms with van der Waals surface area (Å²) in [6, 6.07) is 2.28. The minimum Gasteiger partial charge on any atom is -0.381 e. The Labute approximate surface area is 125 Å². The van der Waals surface area contributed by atoms with Crippen LogP contribution in [-0.4, -0.2) is 24.7 Å². The Kier molecular flexibility index (Phi) is 6.87. The molecule has 1 rings (SSSR count). The second kappa shape index (κ2) is 8.16. The maximum atomic E-state index is 13.4. The van der Waals surface area contributed by atoms with Gasteiger partial charge in [-0.3, -0.25) is 10.1 Å². The summed E-state index contributed by atoms with van der Waals surface area (Å²) in [5.41, 5.74) is 0.0286. The van der Waals surface area contributed by atoms with Crippen LogP contribution in [0.25, 0.3) is 0 Å². The largest absolute Gasteiger partial charge is 0.381 e. The lowest BCUT2D eigenvalue weighted by atomic mass is 10.2. The Morgan fingerprint density at radius 3 is 2.80 bits per heavy atom. The number of nitrogens with zero attached hydrogens (tertiary/aromatic N) is 1. The van der Waals surface area contributed by atoms with E-state index in [1.165, 1.54) is 0 Å². The third-order valence-electron chi connectivity index (χ3n) is 2.47. The number of halogens is 2. The monoisotopic (exact) mass is 348 g/mol. The van der Waals surface area contributed by atoms with Gasteiger partial charge in [0.05, 0.1) is 9.40 Å². The van der Waals surface area contributed by atoms with E-state index in [0.717, 1.165) is 12.1 Å². The van der Waals surface area contributed by atoms with E-state index in [2.05, 4.69) is 35.1 Å². The highest BCUT2D eigenvalue weighted by Gasteiger charge is 2.17. The van der Waals surface area contributed by atoms with Gasteiger partial charge in [0, 0.05) is 31.9 Å².